The van der Waals surface area contributed by atoms with Crippen molar-refractivity contribution in [3.8, 4) is 0 Å². The summed E-state index contributed by atoms with van der Waals surface area (Å²) in [6.45, 7) is 4.26. The SMILES string of the molecule is Cc1cc(C)n([C@@H](CNC(=O)c2cc(=O)c3ccccc3o2)c2cccs2)n1. The Hall–Kier alpha value is -3.19. The molecule has 0 spiro atoms. The van der Waals surface area contributed by atoms with Gasteiger partial charge in [-0.3, -0.25) is 14.3 Å². The van der Waals surface area contributed by atoms with Gasteiger partial charge in [-0.15, -0.1) is 11.3 Å². The van der Waals surface area contributed by atoms with E-state index in [9.17, 15) is 9.59 Å². The summed E-state index contributed by atoms with van der Waals surface area (Å²) in [5.74, 6) is -0.423. The average Bonchev–Trinajstić information content (AvgIpc) is 3.32. The van der Waals surface area contributed by atoms with Crippen LogP contribution in [-0.2, 0) is 0 Å². The van der Waals surface area contributed by atoms with E-state index in [0.29, 0.717) is 17.5 Å². The lowest BCUT2D eigenvalue weighted by molar-refractivity contribution is 0.0922. The van der Waals surface area contributed by atoms with Gasteiger partial charge in [0.05, 0.1) is 11.1 Å². The number of carbonyl (C=O) groups excluding carboxylic acids is 1. The van der Waals surface area contributed by atoms with Gasteiger partial charge in [0.2, 0.25) is 0 Å². The summed E-state index contributed by atoms with van der Waals surface area (Å²) in [6, 6.07) is 14.0. The first-order valence-electron chi connectivity index (χ1n) is 8.90. The minimum absolute atomic E-state index is 0.00185. The van der Waals surface area contributed by atoms with Crippen LogP contribution in [0.4, 0.5) is 0 Å². The highest BCUT2D eigenvalue weighted by Crippen LogP contribution is 2.24. The number of amides is 1. The highest BCUT2D eigenvalue weighted by atomic mass is 32.1. The Bertz CT molecular complexity index is 1190. The van der Waals surface area contributed by atoms with Gasteiger partial charge in [-0.05, 0) is 43.5 Å². The summed E-state index contributed by atoms with van der Waals surface area (Å²) in [5.41, 5.74) is 2.10. The average molecular weight is 393 g/mol. The van der Waals surface area contributed by atoms with Gasteiger partial charge in [0.15, 0.2) is 11.2 Å². The second kappa shape index (κ2) is 7.44. The molecule has 142 valence electrons. The molecule has 0 aliphatic heterocycles. The van der Waals surface area contributed by atoms with E-state index >= 15 is 0 Å². The molecule has 1 N–H and O–H groups in total. The summed E-state index contributed by atoms with van der Waals surface area (Å²) >= 11 is 1.61. The normalized spacial score (nSPS) is 12.2. The summed E-state index contributed by atoms with van der Waals surface area (Å²) in [6.07, 6.45) is 0. The second-order valence-corrected chi connectivity index (χ2v) is 7.56. The first kappa shape index (κ1) is 18.2. The summed E-state index contributed by atoms with van der Waals surface area (Å²) < 4.78 is 7.54. The molecule has 1 aromatic carbocycles. The Balaban J connectivity index is 1.60. The number of para-hydroxylation sites is 1. The number of aromatic nitrogens is 2. The molecule has 3 heterocycles. The van der Waals surface area contributed by atoms with E-state index in [2.05, 4.69) is 10.4 Å². The molecule has 0 radical (unpaired) electrons. The van der Waals surface area contributed by atoms with Crippen molar-refractivity contribution in [3.05, 3.63) is 86.2 Å². The summed E-state index contributed by atoms with van der Waals surface area (Å²) in [7, 11) is 0. The third-order valence-electron chi connectivity index (χ3n) is 4.53. The third-order valence-corrected chi connectivity index (χ3v) is 5.50. The molecule has 3 aromatic heterocycles. The van der Waals surface area contributed by atoms with E-state index in [4.69, 9.17) is 4.42 Å². The number of nitrogens with one attached hydrogen (secondary N) is 1. The molecular formula is C21H19N3O3S. The van der Waals surface area contributed by atoms with E-state index < -0.39 is 5.91 Å². The van der Waals surface area contributed by atoms with E-state index in [1.54, 1.807) is 35.6 Å². The van der Waals surface area contributed by atoms with E-state index in [1.165, 1.54) is 6.07 Å². The Morgan fingerprint density at radius 1 is 1.21 bits per heavy atom. The first-order valence-corrected chi connectivity index (χ1v) is 9.78. The first-order chi connectivity index (χ1) is 13.5. The highest BCUT2D eigenvalue weighted by Gasteiger charge is 2.20. The number of fused-ring (bicyclic) bond motifs is 1. The molecule has 0 bridgehead atoms. The monoisotopic (exact) mass is 393 g/mol. The molecule has 6 nitrogen and oxygen atoms in total. The van der Waals surface area contributed by atoms with E-state index in [0.717, 1.165) is 16.3 Å². The minimum atomic E-state index is -0.425. The van der Waals surface area contributed by atoms with Gasteiger partial charge in [-0.25, -0.2) is 0 Å². The molecule has 0 aliphatic carbocycles. The molecule has 4 rings (SSSR count). The molecule has 4 aromatic rings. The van der Waals surface area contributed by atoms with Crippen molar-refractivity contribution in [1.29, 1.82) is 0 Å². The van der Waals surface area contributed by atoms with Crippen LogP contribution in [0, 0.1) is 13.8 Å². The molecule has 28 heavy (non-hydrogen) atoms. The van der Waals surface area contributed by atoms with Crippen LogP contribution in [0.3, 0.4) is 0 Å². The number of hydrogen-bond donors (Lipinski definition) is 1. The number of benzene rings is 1. The molecule has 0 fully saturated rings. The number of hydrogen-bond acceptors (Lipinski definition) is 5. The number of aryl methyl sites for hydroxylation is 2. The van der Waals surface area contributed by atoms with Crippen LogP contribution in [0.15, 0.2) is 63.1 Å². The van der Waals surface area contributed by atoms with Gasteiger partial charge in [0.1, 0.15) is 11.6 Å². The van der Waals surface area contributed by atoms with Gasteiger partial charge in [-0.1, -0.05) is 18.2 Å². The number of carbonyl (C=O) groups is 1. The number of rotatable bonds is 5. The van der Waals surface area contributed by atoms with E-state index in [1.807, 2.05) is 42.1 Å². The number of nitrogens with zero attached hydrogens (tertiary/aromatic N) is 2. The molecule has 0 saturated heterocycles. The van der Waals surface area contributed by atoms with Crippen molar-refractivity contribution >= 4 is 28.2 Å². The van der Waals surface area contributed by atoms with Crippen molar-refractivity contribution in [2.45, 2.75) is 19.9 Å². The van der Waals surface area contributed by atoms with Crippen LogP contribution in [0.2, 0.25) is 0 Å². The topological polar surface area (TPSA) is 77.1 Å². The van der Waals surface area contributed by atoms with Gasteiger partial charge < -0.3 is 9.73 Å². The molecule has 0 unspecified atom stereocenters. The Kier molecular flexibility index (Phi) is 4.83. The smallest absolute Gasteiger partial charge is 0.287 e. The van der Waals surface area contributed by atoms with E-state index in [-0.39, 0.29) is 17.2 Å². The van der Waals surface area contributed by atoms with Gasteiger partial charge in [0, 0.05) is 23.2 Å². The predicted molar refractivity (Wildman–Crippen MR) is 109 cm³/mol. The standard InChI is InChI=1S/C21H19N3O3S/c1-13-10-14(2)24(23-13)16(20-8-5-9-28-20)12-22-21(26)19-11-17(25)15-6-3-4-7-18(15)27-19/h3-11,16H,12H2,1-2H3,(H,22,26)/t16-/m0/s1. The highest BCUT2D eigenvalue weighted by molar-refractivity contribution is 7.10. The third kappa shape index (κ3) is 3.48. The zero-order valence-electron chi connectivity index (χ0n) is 15.5. The van der Waals surface area contributed by atoms with Gasteiger partial charge >= 0.3 is 0 Å². The van der Waals surface area contributed by atoms with Crippen molar-refractivity contribution in [3.63, 3.8) is 0 Å². The maximum Gasteiger partial charge on any atom is 0.287 e. The Morgan fingerprint density at radius 2 is 2.04 bits per heavy atom. The maximum atomic E-state index is 12.7. The fourth-order valence-corrected chi connectivity index (χ4v) is 4.05. The van der Waals surface area contributed by atoms with Crippen molar-refractivity contribution in [2.75, 3.05) is 6.54 Å². The predicted octanol–water partition coefficient (Wildman–Crippen LogP) is 3.69. The molecular weight excluding hydrogens is 374 g/mol. The van der Waals surface area contributed by atoms with Crippen molar-refractivity contribution in [1.82, 2.24) is 15.1 Å². The zero-order chi connectivity index (χ0) is 19.7. The number of thiophene rings is 1. The fraction of sp³-hybridized carbons (Fsp3) is 0.190. The quantitative estimate of drug-likeness (QED) is 0.561. The summed E-state index contributed by atoms with van der Waals surface area (Å²) in [5, 5.41) is 9.91. The lowest BCUT2D eigenvalue weighted by atomic mass is 10.2. The van der Waals surface area contributed by atoms with Gasteiger partial charge in [0.25, 0.3) is 5.91 Å². The molecule has 1 atom stereocenters. The maximum absolute atomic E-state index is 12.7. The van der Waals surface area contributed by atoms with Crippen LogP contribution in [0.25, 0.3) is 11.0 Å². The Morgan fingerprint density at radius 3 is 2.75 bits per heavy atom. The summed E-state index contributed by atoms with van der Waals surface area (Å²) in [4.78, 5) is 26.0. The lowest BCUT2D eigenvalue weighted by Crippen LogP contribution is -2.32. The zero-order valence-corrected chi connectivity index (χ0v) is 16.3. The largest absolute Gasteiger partial charge is 0.451 e. The molecule has 0 saturated carbocycles. The minimum Gasteiger partial charge on any atom is -0.451 e. The second-order valence-electron chi connectivity index (χ2n) is 6.58. The van der Waals surface area contributed by atoms with Crippen LogP contribution >= 0.6 is 11.3 Å². The molecule has 1 amide bonds. The fourth-order valence-electron chi connectivity index (χ4n) is 3.24. The van der Waals surface area contributed by atoms with Crippen LogP contribution in [0.5, 0.6) is 0 Å². The van der Waals surface area contributed by atoms with Crippen molar-refractivity contribution in [2.24, 2.45) is 0 Å². The van der Waals surface area contributed by atoms with Gasteiger partial charge in [-0.2, -0.15) is 5.10 Å². The Labute approximate surface area is 165 Å². The molecule has 7 heteroatoms. The van der Waals surface area contributed by atoms with Crippen LogP contribution < -0.4 is 10.7 Å². The van der Waals surface area contributed by atoms with Crippen molar-refractivity contribution < 1.29 is 9.21 Å². The lowest BCUT2D eigenvalue weighted by Gasteiger charge is -2.18. The molecule has 0 aliphatic rings. The van der Waals surface area contributed by atoms with Crippen LogP contribution in [0.1, 0.15) is 32.9 Å². The van der Waals surface area contributed by atoms with Crippen LogP contribution in [-0.4, -0.2) is 22.2 Å².